The summed E-state index contributed by atoms with van der Waals surface area (Å²) in [5.41, 5.74) is 2.80. The van der Waals surface area contributed by atoms with E-state index >= 15 is 0 Å². The van der Waals surface area contributed by atoms with Crippen LogP contribution in [0.2, 0.25) is 0 Å². The molecule has 5 rings (SSSR count). The fourth-order valence-corrected chi connectivity index (χ4v) is 6.43. The molecule has 0 spiro atoms. The Balaban J connectivity index is 1.44. The molecule has 2 aromatic carbocycles. The summed E-state index contributed by atoms with van der Waals surface area (Å²) in [6.45, 7) is 4.33. The number of terminal acetylenes is 1. The highest BCUT2D eigenvalue weighted by molar-refractivity contribution is 9.10. The first kappa shape index (κ1) is 30.6. The van der Waals surface area contributed by atoms with E-state index in [9.17, 15) is 19.1 Å². The molecule has 0 bridgehead atoms. The molecule has 0 saturated carbocycles. The maximum absolute atomic E-state index is 14.0. The molecule has 0 radical (unpaired) electrons. The van der Waals surface area contributed by atoms with E-state index in [0.717, 1.165) is 0 Å². The van der Waals surface area contributed by atoms with E-state index in [1.165, 1.54) is 23.5 Å². The molecule has 2 aliphatic heterocycles. The van der Waals surface area contributed by atoms with Crippen LogP contribution in [0.1, 0.15) is 40.7 Å². The van der Waals surface area contributed by atoms with Crippen molar-refractivity contribution in [1.29, 1.82) is 0 Å². The molecule has 0 aliphatic carbocycles. The van der Waals surface area contributed by atoms with Crippen molar-refractivity contribution in [2.75, 3.05) is 39.3 Å². The van der Waals surface area contributed by atoms with Crippen molar-refractivity contribution in [2.24, 2.45) is 4.99 Å². The van der Waals surface area contributed by atoms with Gasteiger partial charge >= 0.3 is 11.9 Å². The fraction of sp³-hybridized carbons (Fsp3) is 0.290. The number of piperazine rings is 1. The first-order valence-electron chi connectivity index (χ1n) is 13.6. The Morgan fingerprint density at radius 1 is 1.26 bits per heavy atom. The molecule has 1 aromatic heterocycles. The van der Waals surface area contributed by atoms with Gasteiger partial charge in [0.25, 0.3) is 0 Å². The molecule has 2 aliphatic rings. The van der Waals surface area contributed by atoms with Gasteiger partial charge in [-0.05, 0) is 42.3 Å². The van der Waals surface area contributed by atoms with E-state index in [-0.39, 0.29) is 6.61 Å². The van der Waals surface area contributed by atoms with Gasteiger partial charge in [-0.3, -0.25) is 19.6 Å². The lowest BCUT2D eigenvalue weighted by atomic mass is 9.95. The average molecular weight is 667 g/mol. The van der Waals surface area contributed by atoms with E-state index < -0.39 is 29.8 Å². The monoisotopic (exact) mass is 665 g/mol. The Bertz CT molecular complexity index is 1610. The highest BCUT2D eigenvalue weighted by atomic mass is 79.9. The molecule has 1 saturated heterocycles. The predicted octanol–water partition coefficient (Wildman–Crippen LogP) is 4.38. The van der Waals surface area contributed by atoms with Crippen LogP contribution < -0.4 is 5.32 Å². The van der Waals surface area contributed by atoms with E-state index in [2.05, 4.69) is 37.1 Å². The number of carbonyl (C=O) groups is 2. The van der Waals surface area contributed by atoms with Crippen molar-refractivity contribution >= 4 is 45.0 Å². The number of hydrogen-bond donors (Lipinski definition) is 2. The van der Waals surface area contributed by atoms with Gasteiger partial charge in [0.05, 0.1) is 12.2 Å². The number of ether oxygens (including phenoxy) is 1. The molecule has 3 heterocycles. The van der Waals surface area contributed by atoms with Crippen molar-refractivity contribution in [3.63, 3.8) is 0 Å². The van der Waals surface area contributed by atoms with Crippen LogP contribution in [0.4, 0.5) is 4.39 Å². The number of halogens is 2. The summed E-state index contributed by atoms with van der Waals surface area (Å²) >= 11 is 4.86. The third-order valence-electron chi connectivity index (χ3n) is 7.27. The summed E-state index contributed by atoms with van der Waals surface area (Å²) in [6.07, 6.45) is 7.22. The topological polar surface area (TPSA) is 107 Å². The number of rotatable bonds is 9. The summed E-state index contributed by atoms with van der Waals surface area (Å²) in [5.74, 6) is 1.18. The highest BCUT2D eigenvalue weighted by Crippen LogP contribution is 2.37. The van der Waals surface area contributed by atoms with Crippen molar-refractivity contribution in [3.05, 3.63) is 97.3 Å². The van der Waals surface area contributed by atoms with Crippen LogP contribution in [-0.4, -0.2) is 77.0 Å². The quantitative estimate of drug-likeness (QED) is 0.256. The molecule has 9 nitrogen and oxygen atoms in total. The zero-order valence-electron chi connectivity index (χ0n) is 23.3. The van der Waals surface area contributed by atoms with E-state index in [0.29, 0.717) is 76.0 Å². The first-order chi connectivity index (χ1) is 20.8. The maximum atomic E-state index is 14.0. The predicted molar refractivity (Wildman–Crippen MR) is 165 cm³/mol. The largest absolute Gasteiger partial charge is 0.480 e. The lowest BCUT2D eigenvalue weighted by Gasteiger charge is -2.39. The Labute approximate surface area is 261 Å². The minimum Gasteiger partial charge on any atom is -0.480 e. The number of aromatic nitrogens is 1. The van der Waals surface area contributed by atoms with Gasteiger partial charge in [0.15, 0.2) is 10.8 Å². The average Bonchev–Trinajstić information content (AvgIpc) is 3.53. The SMILES string of the molecule is C#Cc1cccc(C(C(=O)O)N2CCN(CC3=C(C(=O)OCC)C(c4ccc(F)cc4Br)N=C(c4nccs4)N3)CC2)c1. The molecule has 0 amide bonds. The van der Waals surface area contributed by atoms with E-state index in [1.54, 1.807) is 43.5 Å². The molecule has 12 heteroatoms. The third kappa shape index (κ3) is 6.86. The fourth-order valence-electron chi connectivity index (χ4n) is 5.28. The molecular weight excluding hydrogens is 637 g/mol. The summed E-state index contributed by atoms with van der Waals surface area (Å²) < 4.78 is 20.0. The Hall–Kier alpha value is -3.89. The normalized spacial score (nSPS) is 18.4. The summed E-state index contributed by atoms with van der Waals surface area (Å²) in [5, 5.41) is 15.9. The number of amidine groups is 1. The van der Waals surface area contributed by atoms with Crippen LogP contribution in [-0.2, 0) is 14.3 Å². The van der Waals surface area contributed by atoms with Gasteiger partial charge < -0.3 is 15.2 Å². The number of nitrogens with zero attached hydrogens (tertiary/aromatic N) is 4. The lowest BCUT2D eigenvalue weighted by Crippen LogP contribution is -2.51. The summed E-state index contributed by atoms with van der Waals surface area (Å²) in [4.78, 5) is 39.1. The van der Waals surface area contributed by atoms with Crippen LogP contribution in [0.5, 0.6) is 0 Å². The Morgan fingerprint density at radius 2 is 2.05 bits per heavy atom. The standard InChI is InChI=1S/C31H29BrFN5O4S/c1-3-19-6-5-7-20(16-19)27(30(39)40)38-13-11-37(12-14-38)18-24-25(31(41)42-4-2)26(22-9-8-21(33)17-23(22)32)36-28(35-24)29-34-10-15-43-29/h1,5-10,15-17,26-27H,4,11-14,18H2,2H3,(H,35,36)(H,39,40). The molecule has 1 fully saturated rings. The van der Waals surface area contributed by atoms with Crippen LogP contribution in [0.3, 0.4) is 0 Å². The lowest BCUT2D eigenvalue weighted by molar-refractivity contribution is -0.144. The summed E-state index contributed by atoms with van der Waals surface area (Å²) in [6, 6.07) is 9.74. The molecule has 3 aromatic rings. The number of nitrogens with one attached hydrogen (secondary N) is 1. The molecule has 43 heavy (non-hydrogen) atoms. The molecule has 222 valence electrons. The van der Waals surface area contributed by atoms with Crippen LogP contribution in [0.15, 0.2) is 74.8 Å². The van der Waals surface area contributed by atoms with Gasteiger partial charge in [-0.2, -0.15) is 0 Å². The molecular formula is C31H29BrFN5O4S. The number of benzene rings is 2. The number of esters is 1. The number of aliphatic carboxylic acids is 1. The minimum atomic E-state index is -0.944. The van der Waals surface area contributed by atoms with Gasteiger partial charge in [0.1, 0.15) is 17.9 Å². The van der Waals surface area contributed by atoms with Gasteiger partial charge in [0.2, 0.25) is 0 Å². The van der Waals surface area contributed by atoms with Gasteiger partial charge in [-0.1, -0.05) is 40.0 Å². The number of aliphatic imine (C=N–C) groups is 1. The Morgan fingerprint density at radius 3 is 2.70 bits per heavy atom. The number of hydrogen-bond acceptors (Lipinski definition) is 9. The van der Waals surface area contributed by atoms with Crippen molar-refractivity contribution in [3.8, 4) is 12.3 Å². The van der Waals surface area contributed by atoms with Gasteiger partial charge in [-0.15, -0.1) is 17.8 Å². The van der Waals surface area contributed by atoms with Crippen molar-refractivity contribution in [2.45, 2.75) is 19.0 Å². The van der Waals surface area contributed by atoms with E-state index in [1.807, 2.05) is 10.3 Å². The van der Waals surface area contributed by atoms with Crippen molar-refractivity contribution in [1.82, 2.24) is 20.1 Å². The van der Waals surface area contributed by atoms with Crippen LogP contribution in [0, 0.1) is 18.2 Å². The Kier molecular flexibility index (Phi) is 9.67. The van der Waals surface area contributed by atoms with Crippen molar-refractivity contribution < 1.29 is 23.8 Å². The second-order valence-corrected chi connectivity index (χ2v) is 11.7. The molecule has 2 unspecified atom stereocenters. The second-order valence-electron chi connectivity index (χ2n) is 9.94. The second kappa shape index (κ2) is 13.6. The summed E-state index contributed by atoms with van der Waals surface area (Å²) in [7, 11) is 0. The zero-order valence-corrected chi connectivity index (χ0v) is 25.7. The van der Waals surface area contributed by atoms with Crippen LogP contribution >= 0.6 is 27.3 Å². The van der Waals surface area contributed by atoms with E-state index in [4.69, 9.17) is 16.2 Å². The minimum absolute atomic E-state index is 0.173. The molecule has 2 N–H and O–H groups in total. The number of carbonyl (C=O) groups excluding carboxylic acids is 1. The van der Waals surface area contributed by atoms with Crippen LogP contribution in [0.25, 0.3) is 0 Å². The molecule has 2 atom stereocenters. The zero-order chi connectivity index (χ0) is 30.5. The number of thiazole rings is 1. The number of carboxylic acids is 1. The van der Waals surface area contributed by atoms with Gasteiger partial charge in [-0.25, -0.2) is 14.2 Å². The highest BCUT2D eigenvalue weighted by Gasteiger charge is 2.36. The third-order valence-corrected chi connectivity index (χ3v) is 8.74. The smallest absolute Gasteiger partial charge is 0.338 e. The number of carboxylic acid groups (broad SMARTS) is 1. The van der Waals surface area contributed by atoms with Gasteiger partial charge in [0, 0.05) is 60.0 Å². The first-order valence-corrected chi connectivity index (χ1v) is 15.3. The maximum Gasteiger partial charge on any atom is 0.338 e.